The van der Waals surface area contributed by atoms with Crippen LogP contribution in [0.2, 0.25) is 0 Å². The molecule has 1 atom stereocenters. The number of nitrogens with zero attached hydrogens (tertiary/aromatic N) is 1. The van der Waals surface area contributed by atoms with Gasteiger partial charge in [-0.2, -0.15) is 0 Å². The lowest BCUT2D eigenvalue weighted by molar-refractivity contribution is -0.132. The number of hydrogen-bond donors (Lipinski definition) is 1. The zero-order valence-corrected chi connectivity index (χ0v) is 16.8. The van der Waals surface area contributed by atoms with Gasteiger partial charge in [-0.05, 0) is 48.0 Å². The lowest BCUT2D eigenvalue weighted by Gasteiger charge is -2.23. The molecule has 1 fully saturated rings. The third-order valence-corrected chi connectivity index (χ3v) is 5.53. The van der Waals surface area contributed by atoms with Crippen molar-refractivity contribution in [2.24, 2.45) is 0 Å². The quantitative estimate of drug-likeness (QED) is 0.281. The Labute approximate surface area is 178 Å². The van der Waals surface area contributed by atoms with Gasteiger partial charge in [0.25, 0.3) is 11.7 Å². The van der Waals surface area contributed by atoms with Gasteiger partial charge < -0.3 is 9.52 Å². The van der Waals surface area contributed by atoms with E-state index in [1.807, 2.05) is 42.5 Å². The molecule has 5 nitrogen and oxygen atoms in total. The van der Waals surface area contributed by atoms with Gasteiger partial charge >= 0.3 is 0 Å². The fourth-order valence-electron chi connectivity index (χ4n) is 4.05. The average molecular weight is 409 g/mol. The molecule has 0 aliphatic carbocycles. The van der Waals surface area contributed by atoms with Crippen LogP contribution >= 0.6 is 0 Å². The van der Waals surface area contributed by atoms with Crippen LogP contribution in [0, 0.1) is 6.92 Å². The second kappa shape index (κ2) is 7.29. The number of fused-ring (bicyclic) bond motifs is 1. The Hall–Kier alpha value is -4.12. The van der Waals surface area contributed by atoms with Crippen molar-refractivity contribution in [3.8, 4) is 0 Å². The molecule has 152 valence electrons. The molecule has 0 bridgehead atoms. The lowest BCUT2D eigenvalue weighted by atomic mass is 9.97. The van der Waals surface area contributed by atoms with E-state index in [1.54, 1.807) is 49.4 Å². The summed E-state index contributed by atoms with van der Waals surface area (Å²) < 4.78 is 5.81. The van der Waals surface area contributed by atoms with Crippen LogP contribution in [-0.4, -0.2) is 16.8 Å². The van der Waals surface area contributed by atoms with Gasteiger partial charge in [0, 0.05) is 11.3 Å². The number of Topliss-reactive ketones (excluding diaryl/α,β-unsaturated/α-hetero) is 1. The molecular weight excluding hydrogens is 390 g/mol. The van der Waals surface area contributed by atoms with E-state index in [9.17, 15) is 14.7 Å². The van der Waals surface area contributed by atoms with E-state index in [-0.39, 0.29) is 11.3 Å². The molecule has 3 aromatic carbocycles. The summed E-state index contributed by atoms with van der Waals surface area (Å²) in [6, 6.07) is 24.8. The van der Waals surface area contributed by atoms with Crippen molar-refractivity contribution in [3.05, 3.63) is 108 Å². The molecule has 1 unspecified atom stereocenters. The molecular formula is C26H19NO4. The third-order valence-electron chi connectivity index (χ3n) is 5.53. The average Bonchev–Trinajstić information content (AvgIpc) is 3.34. The van der Waals surface area contributed by atoms with Crippen LogP contribution in [0.4, 0.5) is 5.69 Å². The highest BCUT2D eigenvalue weighted by Crippen LogP contribution is 2.42. The van der Waals surface area contributed by atoms with Crippen LogP contribution in [0.3, 0.4) is 0 Å². The summed E-state index contributed by atoms with van der Waals surface area (Å²) in [4.78, 5) is 27.5. The highest BCUT2D eigenvalue weighted by molar-refractivity contribution is 6.51. The van der Waals surface area contributed by atoms with Crippen molar-refractivity contribution in [2.75, 3.05) is 4.90 Å². The second-order valence-electron chi connectivity index (χ2n) is 7.51. The molecule has 5 heteroatoms. The molecule has 5 rings (SSSR count). The smallest absolute Gasteiger partial charge is 0.300 e. The van der Waals surface area contributed by atoms with Gasteiger partial charge in [-0.3, -0.25) is 14.5 Å². The standard InChI is InChI=1S/C26H19NO4/c1-16-11-14-21(31-16)23-22(25(29)26(30)27(23)20-9-3-2-4-10-20)24(28)19-13-12-17-7-5-6-8-18(17)15-19/h2-15,23,28H,1H3/b24-22-. The molecule has 0 saturated carbocycles. The normalized spacial score (nSPS) is 18.1. The zero-order chi connectivity index (χ0) is 21.5. The Morgan fingerprint density at radius 3 is 2.29 bits per heavy atom. The minimum absolute atomic E-state index is 0.0125. The summed E-state index contributed by atoms with van der Waals surface area (Å²) in [7, 11) is 0. The number of para-hydroxylation sites is 1. The van der Waals surface area contributed by atoms with Crippen LogP contribution in [-0.2, 0) is 9.59 Å². The second-order valence-corrected chi connectivity index (χ2v) is 7.51. The molecule has 0 spiro atoms. The first-order chi connectivity index (χ1) is 15.0. The Kier molecular flexibility index (Phi) is 4.44. The first kappa shape index (κ1) is 18.9. The predicted octanol–water partition coefficient (Wildman–Crippen LogP) is 5.37. The summed E-state index contributed by atoms with van der Waals surface area (Å²) in [6.45, 7) is 1.79. The van der Waals surface area contributed by atoms with Crippen LogP contribution in [0.15, 0.2) is 94.9 Å². The van der Waals surface area contributed by atoms with E-state index in [0.717, 1.165) is 10.8 Å². The molecule has 4 aromatic rings. The Morgan fingerprint density at radius 1 is 0.871 bits per heavy atom. The van der Waals surface area contributed by atoms with E-state index in [1.165, 1.54) is 4.90 Å². The maximum Gasteiger partial charge on any atom is 0.300 e. The number of hydrogen-bond acceptors (Lipinski definition) is 4. The van der Waals surface area contributed by atoms with Gasteiger partial charge in [0.15, 0.2) is 0 Å². The van der Waals surface area contributed by atoms with Crippen LogP contribution in [0.1, 0.15) is 23.1 Å². The van der Waals surface area contributed by atoms with Gasteiger partial charge in [0.05, 0.1) is 5.57 Å². The summed E-state index contributed by atoms with van der Waals surface area (Å²) in [6.07, 6.45) is 0. The first-order valence-corrected chi connectivity index (χ1v) is 9.96. The molecule has 1 amide bonds. The van der Waals surface area contributed by atoms with Gasteiger partial charge in [0.2, 0.25) is 0 Å². The van der Waals surface area contributed by atoms with Crippen molar-refractivity contribution < 1.29 is 19.1 Å². The van der Waals surface area contributed by atoms with E-state index >= 15 is 0 Å². The summed E-state index contributed by atoms with van der Waals surface area (Å²) in [5.74, 6) is -0.593. The van der Waals surface area contributed by atoms with Crippen molar-refractivity contribution in [3.63, 3.8) is 0 Å². The van der Waals surface area contributed by atoms with E-state index in [4.69, 9.17) is 4.42 Å². The third kappa shape index (κ3) is 3.11. The summed E-state index contributed by atoms with van der Waals surface area (Å²) >= 11 is 0. The highest BCUT2D eigenvalue weighted by atomic mass is 16.3. The molecule has 2 heterocycles. The number of furan rings is 1. The Balaban J connectivity index is 1.72. The number of carbonyl (C=O) groups excluding carboxylic acids is 2. The topological polar surface area (TPSA) is 70.8 Å². The molecule has 1 saturated heterocycles. The number of aliphatic hydroxyl groups excluding tert-OH is 1. The van der Waals surface area contributed by atoms with E-state index < -0.39 is 17.7 Å². The molecule has 1 aliphatic rings. The van der Waals surface area contributed by atoms with Crippen molar-refractivity contribution in [1.29, 1.82) is 0 Å². The van der Waals surface area contributed by atoms with Gasteiger partial charge in [-0.1, -0.05) is 54.6 Å². The number of anilines is 1. The number of aliphatic hydroxyl groups is 1. The molecule has 1 N–H and O–H groups in total. The number of ketones is 1. The maximum absolute atomic E-state index is 13.1. The minimum Gasteiger partial charge on any atom is -0.507 e. The number of rotatable bonds is 3. The first-order valence-electron chi connectivity index (χ1n) is 9.96. The summed E-state index contributed by atoms with van der Waals surface area (Å²) in [5.41, 5.74) is 1.04. The largest absolute Gasteiger partial charge is 0.507 e. The SMILES string of the molecule is Cc1ccc(C2/C(=C(/O)c3ccc4ccccc4c3)C(=O)C(=O)N2c2ccccc2)o1. The summed E-state index contributed by atoms with van der Waals surface area (Å²) in [5, 5.41) is 13.2. The molecule has 0 radical (unpaired) electrons. The highest BCUT2D eigenvalue weighted by Gasteiger charge is 2.48. The number of aryl methyl sites for hydroxylation is 1. The zero-order valence-electron chi connectivity index (χ0n) is 16.8. The van der Waals surface area contributed by atoms with E-state index in [0.29, 0.717) is 22.8 Å². The van der Waals surface area contributed by atoms with Gasteiger partial charge in [-0.15, -0.1) is 0 Å². The lowest BCUT2D eigenvalue weighted by Crippen LogP contribution is -2.29. The number of benzene rings is 3. The van der Waals surface area contributed by atoms with E-state index in [2.05, 4.69) is 0 Å². The fraction of sp³-hybridized carbons (Fsp3) is 0.0769. The molecule has 1 aliphatic heterocycles. The van der Waals surface area contributed by atoms with Gasteiger partial charge in [0.1, 0.15) is 23.3 Å². The molecule has 31 heavy (non-hydrogen) atoms. The van der Waals surface area contributed by atoms with Crippen molar-refractivity contribution in [2.45, 2.75) is 13.0 Å². The van der Waals surface area contributed by atoms with Crippen LogP contribution < -0.4 is 4.90 Å². The van der Waals surface area contributed by atoms with Crippen LogP contribution in [0.5, 0.6) is 0 Å². The number of carbonyl (C=O) groups is 2. The van der Waals surface area contributed by atoms with Crippen LogP contribution in [0.25, 0.3) is 16.5 Å². The maximum atomic E-state index is 13.1. The van der Waals surface area contributed by atoms with Gasteiger partial charge in [-0.25, -0.2) is 0 Å². The van der Waals surface area contributed by atoms with Crippen molar-refractivity contribution >= 4 is 33.9 Å². The monoisotopic (exact) mass is 409 g/mol. The number of amides is 1. The van der Waals surface area contributed by atoms with Crippen molar-refractivity contribution in [1.82, 2.24) is 0 Å². The predicted molar refractivity (Wildman–Crippen MR) is 119 cm³/mol. The minimum atomic E-state index is -0.859. The Bertz CT molecular complexity index is 1350. The Morgan fingerprint density at radius 2 is 1.58 bits per heavy atom. The molecule has 1 aromatic heterocycles. The fourth-order valence-corrected chi connectivity index (χ4v) is 4.05.